The first kappa shape index (κ1) is 26.9. The number of hydrogen-bond acceptors (Lipinski definition) is 5. The lowest BCUT2D eigenvalue weighted by Crippen LogP contribution is -2.44. The molecule has 0 bridgehead atoms. The number of nitrogens with zero attached hydrogens (tertiary/aromatic N) is 2. The molecular formula is C30H37FN2O4. The van der Waals surface area contributed by atoms with Crippen molar-refractivity contribution in [2.45, 2.75) is 44.7 Å². The highest BCUT2D eigenvalue weighted by molar-refractivity contribution is 5.83. The molecule has 1 aliphatic rings. The molecule has 0 aliphatic carbocycles. The molecule has 4 rings (SSSR count). The zero-order valence-electron chi connectivity index (χ0n) is 21.7. The van der Waals surface area contributed by atoms with Crippen molar-refractivity contribution in [2.75, 3.05) is 33.9 Å². The number of aliphatic carboxylic acids is 1. The van der Waals surface area contributed by atoms with Crippen molar-refractivity contribution in [3.05, 3.63) is 65.9 Å². The molecule has 1 saturated heterocycles. The Hall–Kier alpha value is -3.19. The van der Waals surface area contributed by atoms with Gasteiger partial charge in [0, 0.05) is 18.1 Å². The maximum atomic E-state index is 15.4. The Morgan fingerprint density at radius 3 is 2.73 bits per heavy atom. The van der Waals surface area contributed by atoms with Crippen LogP contribution in [0, 0.1) is 11.8 Å². The summed E-state index contributed by atoms with van der Waals surface area (Å²) < 4.78 is 26.0. The number of halogens is 1. The van der Waals surface area contributed by atoms with Crippen LogP contribution in [0.4, 0.5) is 4.39 Å². The highest BCUT2D eigenvalue weighted by Crippen LogP contribution is 2.35. The van der Waals surface area contributed by atoms with Gasteiger partial charge in [0.25, 0.3) is 0 Å². The third kappa shape index (κ3) is 6.98. The molecule has 0 radical (unpaired) electrons. The van der Waals surface area contributed by atoms with Gasteiger partial charge in [-0.1, -0.05) is 12.1 Å². The number of aromatic nitrogens is 1. The lowest BCUT2D eigenvalue weighted by molar-refractivity contribution is -0.146. The maximum absolute atomic E-state index is 15.4. The Balaban J connectivity index is 1.28. The molecule has 6 nitrogen and oxygen atoms in total. The number of rotatable bonds is 12. The van der Waals surface area contributed by atoms with Crippen LogP contribution < -0.4 is 9.47 Å². The van der Waals surface area contributed by atoms with E-state index in [2.05, 4.69) is 22.0 Å². The van der Waals surface area contributed by atoms with Gasteiger partial charge in [0.1, 0.15) is 17.7 Å². The van der Waals surface area contributed by atoms with Crippen molar-refractivity contribution in [2.24, 2.45) is 11.8 Å². The lowest BCUT2D eigenvalue weighted by Gasteiger charge is -2.37. The summed E-state index contributed by atoms with van der Waals surface area (Å²) in [5.74, 6) is 0.271. The Morgan fingerprint density at radius 1 is 1.14 bits per heavy atom. The normalized spacial score (nSPS) is 19.0. The van der Waals surface area contributed by atoms with Crippen molar-refractivity contribution in [3.63, 3.8) is 0 Å². The molecule has 0 saturated carbocycles. The number of pyridine rings is 1. The van der Waals surface area contributed by atoms with Crippen molar-refractivity contribution < 1.29 is 23.8 Å². The number of unbranched alkanes of at least 4 members (excludes halogenated alkanes) is 1. The topological polar surface area (TPSA) is 71.9 Å². The monoisotopic (exact) mass is 508 g/mol. The number of benzene rings is 2. The number of methoxy groups -OCH3 is 2. The fraction of sp³-hybridized carbons (Fsp3) is 0.467. The van der Waals surface area contributed by atoms with Crippen molar-refractivity contribution in [1.29, 1.82) is 0 Å². The Bertz CT molecular complexity index is 1190. The molecule has 0 unspecified atom stereocenters. The third-order valence-electron chi connectivity index (χ3n) is 7.59. The SMILES string of the molecule is COc1cccc(CCCCN2CC[C@@H](CC[C@@H](F)c3ccnc4ccc(OC)cc34)[C@@H](C(=O)O)C2)c1. The van der Waals surface area contributed by atoms with Gasteiger partial charge in [-0.15, -0.1) is 0 Å². The zero-order chi connectivity index (χ0) is 26.2. The van der Waals surface area contributed by atoms with E-state index >= 15 is 4.39 Å². The Morgan fingerprint density at radius 2 is 1.95 bits per heavy atom. The summed E-state index contributed by atoms with van der Waals surface area (Å²) >= 11 is 0. The number of carboxylic acids is 1. The standard InChI is InChI=1S/C30H37FN2O4/c1-36-23-8-5-7-21(18-23)6-3-4-16-33-17-14-22(27(20-33)30(34)35)9-11-28(31)25-13-15-32-29-12-10-24(37-2)19-26(25)29/h5,7-8,10,12-13,15,18-19,22,27-28H,3-4,6,9,11,14,16-17,20H2,1-2H3,(H,34,35)/t22-,27+,28-/m1/s1. The molecule has 1 aromatic heterocycles. The molecule has 0 spiro atoms. The number of piperidine rings is 1. The number of carboxylic acid groups (broad SMARTS) is 1. The van der Waals surface area contributed by atoms with Gasteiger partial charge in [-0.25, -0.2) is 4.39 Å². The van der Waals surface area contributed by atoms with E-state index in [-0.39, 0.29) is 5.92 Å². The summed E-state index contributed by atoms with van der Waals surface area (Å²) in [6.45, 7) is 2.28. The van der Waals surface area contributed by atoms with E-state index in [0.717, 1.165) is 55.4 Å². The van der Waals surface area contributed by atoms with Crippen LogP contribution >= 0.6 is 0 Å². The van der Waals surface area contributed by atoms with Crippen LogP contribution in [0.5, 0.6) is 11.5 Å². The molecule has 2 heterocycles. The zero-order valence-corrected chi connectivity index (χ0v) is 21.7. The van der Waals surface area contributed by atoms with Crippen LogP contribution in [0.3, 0.4) is 0 Å². The minimum absolute atomic E-state index is 0.0218. The van der Waals surface area contributed by atoms with E-state index in [1.165, 1.54) is 5.56 Å². The van der Waals surface area contributed by atoms with Crippen molar-refractivity contribution in [3.8, 4) is 11.5 Å². The lowest BCUT2D eigenvalue weighted by atomic mass is 9.81. The highest BCUT2D eigenvalue weighted by Gasteiger charge is 2.34. The Kier molecular flexibility index (Phi) is 9.34. The molecule has 3 aromatic rings. The third-order valence-corrected chi connectivity index (χ3v) is 7.59. The number of likely N-dealkylation sites (tertiary alicyclic amines) is 1. The van der Waals surface area contributed by atoms with Crippen LogP contribution in [-0.4, -0.2) is 54.8 Å². The predicted molar refractivity (Wildman–Crippen MR) is 143 cm³/mol. The summed E-state index contributed by atoms with van der Waals surface area (Å²) in [5, 5.41) is 10.7. The van der Waals surface area contributed by atoms with E-state index in [1.807, 2.05) is 30.3 Å². The second-order valence-electron chi connectivity index (χ2n) is 9.93. The molecule has 7 heteroatoms. The van der Waals surface area contributed by atoms with E-state index in [1.54, 1.807) is 26.5 Å². The molecule has 1 fully saturated rings. The van der Waals surface area contributed by atoms with Crippen molar-refractivity contribution in [1.82, 2.24) is 9.88 Å². The van der Waals surface area contributed by atoms with Gasteiger partial charge in [0.05, 0.1) is 25.7 Å². The molecule has 1 aliphatic heterocycles. The largest absolute Gasteiger partial charge is 0.497 e. The van der Waals surface area contributed by atoms with Crippen LogP contribution in [0.1, 0.15) is 49.4 Å². The van der Waals surface area contributed by atoms with Crippen molar-refractivity contribution >= 4 is 16.9 Å². The van der Waals surface area contributed by atoms with Gasteiger partial charge < -0.3 is 19.5 Å². The van der Waals surface area contributed by atoms with E-state index in [0.29, 0.717) is 30.7 Å². The molecule has 198 valence electrons. The van der Waals surface area contributed by atoms with Crippen LogP contribution in [-0.2, 0) is 11.2 Å². The molecular weight excluding hydrogens is 471 g/mol. The molecule has 3 atom stereocenters. The second kappa shape index (κ2) is 12.9. The Labute approximate surface area is 218 Å². The highest BCUT2D eigenvalue weighted by atomic mass is 19.1. The summed E-state index contributed by atoms with van der Waals surface area (Å²) in [5.41, 5.74) is 2.57. The van der Waals surface area contributed by atoms with Gasteiger partial charge in [0.15, 0.2) is 0 Å². The minimum Gasteiger partial charge on any atom is -0.497 e. The van der Waals surface area contributed by atoms with E-state index in [4.69, 9.17) is 9.47 Å². The van der Waals surface area contributed by atoms with E-state index in [9.17, 15) is 9.90 Å². The first-order chi connectivity index (χ1) is 18.0. The second-order valence-corrected chi connectivity index (χ2v) is 9.93. The number of carbonyl (C=O) groups is 1. The first-order valence-corrected chi connectivity index (χ1v) is 13.1. The number of hydrogen-bond donors (Lipinski definition) is 1. The van der Waals surface area contributed by atoms with Gasteiger partial charge in [-0.3, -0.25) is 9.78 Å². The summed E-state index contributed by atoms with van der Waals surface area (Å²) in [6.07, 6.45) is 5.11. The van der Waals surface area contributed by atoms with Gasteiger partial charge in [-0.2, -0.15) is 0 Å². The van der Waals surface area contributed by atoms with Gasteiger partial charge in [-0.05, 0) is 105 Å². The fourth-order valence-corrected chi connectivity index (χ4v) is 5.45. The maximum Gasteiger partial charge on any atom is 0.308 e. The molecule has 1 N–H and O–H groups in total. The number of aryl methyl sites for hydroxylation is 1. The molecule has 2 aromatic carbocycles. The van der Waals surface area contributed by atoms with Crippen LogP contribution in [0.25, 0.3) is 10.9 Å². The predicted octanol–water partition coefficient (Wildman–Crippen LogP) is 6.09. The average Bonchev–Trinajstić information content (AvgIpc) is 2.93. The number of ether oxygens (including phenoxy) is 2. The number of alkyl halides is 1. The molecule has 0 amide bonds. The fourth-order valence-electron chi connectivity index (χ4n) is 5.45. The summed E-state index contributed by atoms with van der Waals surface area (Å²) in [7, 11) is 3.26. The average molecular weight is 509 g/mol. The van der Waals surface area contributed by atoms with Gasteiger partial charge >= 0.3 is 5.97 Å². The summed E-state index contributed by atoms with van der Waals surface area (Å²) in [4.78, 5) is 18.7. The quantitative estimate of drug-likeness (QED) is 0.299. The van der Waals surface area contributed by atoms with Gasteiger partial charge in [0.2, 0.25) is 0 Å². The van der Waals surface area contributed by atoms with Crippen LogP contribution in [0.15, 0.2) is 54.7 Å². The van der Waals surface area contributed by atoms with E-state index < -0.39 is 18.1 Å². The smallest absolute Gasteiger partial charge is 0.308 e. The number of fused-ring (bicyclic) bond motifs is 1. The summed E-state index contributed by atoms with van der Waals surface area (Å²) in [6, 6.07) is 15.3. The molecule has 37 heavy (non-hydrogen) atoms. The van der Waals surface area contributed by atoms with Crippen LogP contribution in [0.2, 0.25) is 0 Å². The minimum atomic E-state index is -1.18. The first-order valence-electron chi connectivity index (χ1n) is 13.1.